The molecule has 1 aliphatic heterocycles. The highest BCUT2D eigenvalue weighted by Crippen LogP contribution is 2.24. The largest absolute Gasteiger partial charge is 0.484 e. The molecule has 0 bridgehead atoms. The Kier molecular flexibility index (Phi) is 6.38. The van der Waals surface area contributed by atoms with Crippen molar-refractivity contribution in [2.75, 3.05) is 24.6 Å². The summed E-state index contributed by atoms with van der Waals surface area (Å²) < 4.78 is 5.58. The zero-order valence-electron chi connectivity index (χ0n) is 16.6. The van der Waals surface area contributed by atoms with Gasteiger partial charge < -0.3 is 15.0 Å². The van der Waals surface area contributed by atoms with Crippen molar-refractivity contribution in [2.24, 2.45) is 5.92 Å². The summed E-state index contributed by atoms with van der Waals surface area (Å²) in [6.45, 7) is 8.61. The van der Waals surface area contributed by atoms with Gasteiger partial charge in [-0.15, -0.1) is 0 Å². The molecular weight excluding hydrogens is 336 g/mol. The zero-order chi connectivity index (χ0) is 19.2. The average molecular weight is 367 g/mol. The molecule has 0 saturated carbocycles. The van der Waals surface area contributed by atoms with Crippen molar-refractivity contribution >= 4 is 11.6 Å². The molecule has 27 heavy (non-hydrogen) atoms. The van der Waals surface area contributed by atoms with E-state index >= 15 is 0 Å². The van der Waals surface area contributed by atoms with Gasteiger partial charge in [-0.3, -0.25) is 4.79 Å². The van der Waals surface area contributed by atoms with Crippen molar-refractivity contribution in [3.05, 3.63) is 59.7 Å². The molecule has 1 amide bonds. The SMILES string of the molecule is Cc1cccc(OCC(=O)N[C@@H](C)c2ccc(N3CCC[C@@H](C)C3)cc2)c1. The Labute approximate surface area is 162 Å². The van der Waals surface area contributed by atoms with Gasteiger partial charge in [0.2, 0.25) is 0 Å². The molecule has 0 radical (unpaired) electrons. The lowest BCUT2D eigenvalue weighted by Crippen LogP contribution is -2.34. The highest BCUT2D eigenvalue weighted by Gasteiger charge is 2.17. The molecule has 0 unspecified atom stereocenters. The maximum absolute atomic E-state index is 12.2. The van der Waals surface area contributed by atoms with Crippen LogP contribution in [0.1, 0.15) is 43.9 Å². The molecule has 2 aromatic carbocycles. The summed E-state index contributed by atoms with van der Waals surface area (Å²) in [6.07, 6.45) is 2.58. The van der Waals surface area contributed by atoms with E-state index in [4.69, 9.17) is 4.74 Å². The molecule has 144 valence electrons. The summed E-state index contributed by atoms with van der Waals surface area (Å²) in [5.74, 6) is 1.36. The summed E-state index contributed by atoms with van der Waals surface area (Å²) in [7, 11) is 0. The number of carbonyl (C=O) groups is 1. The Morgan fingerprint density at radius 1 is 1.26 bits per heavy atom. The smallest absolute Gasteiger partial charge is 0.258 e. The van der Waals surface area contributed by atoms with Crippen LogP contribution >= 0.6 is 0 Å². The highest BCUT2D eigenvalue weighted by molar-refractivity contribution is 5.78. The monoisotopic (exact) mass is 366 g/mol. The number of piperidine rings is 1. The number of nitrogens with zero attached hydrogens (tertiary/aromatic N) is 1. The number of rotatable bonds is 6. The minimum atomic E-state index is -0.113. The first-order valence-electron chi connectivity index (χ1n) is 9.85. The lowest BCUT2D eigenvalue weighted by Gasteiger charge is -2.33. The van der Waals surface area contributed by atoms with Crippen LogP contribution in [0.5, 0.6) is 5.75 Å². The van der Waals surface area contributed by atoms with Crippen LogP contribution in [0.15, 0.2) is 48.5 Å². The lowest BCUT2D eigenvalue weighted by atomic mass is 9.99. The Hall–Kier alpha value is -2.49. The standard InChI is InChI=1S/C23H30N2O2/c1-17-6-4-8-22(14-17)27-16-23(26)24-19(3)20-9-11-21(12-10-20)25-13-5-7-18(2)15-25/h4,6,8-12,14,18-19H,5,7,13,15-16H2,1-3H3,(H,24,26)/t18-,19+/m1/s1. The fraction of sp³-hybridized carbons (Fsp3) is 0.435. The van der Waals surface area contributed by atoms with Gasteiger partial charge in [0.25, 0.3) is 5.91 Å². The van der Waals surface area contributed by atoms with Crippen LogP contribution in [-0.4, -0.2) is 25.6 Å². The van der Waals surface area contributed by atoms with Gasteiger partial charge in [-0.05, 0) is 68.0 Å². The van der Waals surface area contributed by atoms with Crippen LogP contribution in [0.25, 0.3) is 0 Å². The number of carbonyl (C=O) groups excluding carboxylic acids is 1. The first-order chi connectivity index (χ1) is 13.0. The van der Waals surface area contributed by atoms with E-state index < -0.39 is 0 Å². The van der Waals surface area contributed by atoms with Gasteiger partial charge in [-0.2, -0.15) is 0 Å². The van der Waals surface area contributed by atoms with Gasteiger partial charge in [-0.25, -0.2) is 0 Å². The molecule has 1 saturated heterocycles. The van der Waals surface area contributed by atoms with E-state index in [-0.39, 0.29) is 18.6 Å². The Morgan fingerprint density at radius 3 is 2.74 bits per heavy atom. The predicted molar refractivity (Wildman–Crippen MR) is 110 cm³/mol. The molecule has 1 fully saturated rings. The summed E-state index contributed by atoms with van der Waals surface area (Å²) >= 11 is 0. The van der Waals surface area contributed by atoms with Crippen molar-refractivity contribution in [3.8, 4) is 5.75 Å². The van der Waals surface area contributed by atoms with Crippen LogP contribution in [0.2, 0.25) is 0 Å². The zero-order valence-corrected chi connectivity index (χ0v) is 16.6. The van der Waals surface area contributed by atoms with Crippen LogP contribution in [0.4, 0.5) is 5.69 Å². The molecule has 1 heterocycles. The van der Waals surface area contributed by atoms with Crippen molar-refractivity contribution in [3.63, 3.8) is 0 Å². The lowest BCUT2D eigenvalue weighted by molar-refractivity contribution is -0.123. The molecule has 2 aromatic rings. The van der Waals surface area contributed by atoms with Gasteiger partial charge in [0.05, 0.1) is 6.04 Å². The van der Waals surface area contributed by atoms with Gasteiger partial charge in [-0.1, -0.05) is 31.2 Å². The minimum absolute atomic E-state index is 0.0253. The number of aryl methyl sites for hydroxylation is 1. The molecule has 2 atom stereocenters. The molecule has 0 aliphatic carbocycles. The molecule has 0 spiro atoms. The topological polar surface area (TPSA) is 41.6 Å². The molecular formula is C23H30N2O2. The van der Waals surface area contributed by atoms with Crippen molar-refractivity contribution < 1.29 is 9.53 Å². The fourth-order valence-corrected chi connectivity index (χ4v) is 3.62. The van der Waals surface area contributed by atoms with Gasteiger partial charge in [0.15, 0.2) is 6.61 Å². The van der Waals surface area contributed by atoms with Crippen LogP contribution in [-0.2, 0) is 4.79 Å². The Bertz CT molecular complexity index is 757. The number of benzene rings is 2. The number of ether oxygens (including phenoxy) is 1. The van der Waals surface area contributed by atoms with Crippen molar-refractivity contribution in [1.29, 1.82) is 0 Å². The maximum atomic E-state index is 12.2. The molecule has 4 nitrogen and oxygen atoms in total. The molecule has 1 aliphatic rings. The van der Waals surface area contributed by atoms with E-state index in [1.807, 2.05) is 38.1 Å². The van der Waals surface area contributed by atoms with Gasteiger partial charge >= 0.3 is 0 Å². The van der Waals surface area contributed by atoms with Crippen molar-refractivity contribution in [2.45, 2.75) is 39.7 Å². The number of amides is 1. The highest BCUT2D eigenvalue weighted by atomic mass is 16.5. The van der Waals surface area contributed by atoms with Crippen LogP contribution < -0.4 is 15.0 Å². The second-order valence-corrected chi connectivity index (χ2v) is 7.68. The summed E-state index contributed by atoms with van der Waals surface area (Å²) in [6, 6.07) is 16.2. The molecule has 1 N–H and O–H groups in total. The normalized spacial score (nSPS) is 18.0. The number of hydrogen-bond donors (Lipinski definition) is 1. The van der Waals surface area contributed by atoms with E-state index in [1.165, 1.54) is 18.5 Å². The first-order valence-corrected chi connectivity index (χ1v) is 9.85. The van der Waals surface area contributed by atoms with Crippen LogP contribution in [0.3, 0.4) is 0 Å². The van der Waals surface area contributed by atoms with Crippen LogP contribution in [0, 0.1) is 12.8 Å². The van der Waals surface area contributed by atoms with E-state index in [0.717, 1.165) is 35.9 Å². The van der Waals surface area contributed by atoms with Gasteiger partial charge in [0, 0.05) is 18.8 Å². The quantitative estimate of drug-likeness (QED) is 0.819. The number of anilines is 1. The fourth-order valence-electron chi connectivity index (χ4n) is 3.62. The van der Waals surface area contributed by atoms with Crippen molar-refractivity contribution in [1.82, 2.24) is 5.32 Å². The second-order valence-electron chi connectivity index (χ2n) is 7.68. The molecule has 3 rings (SSSR count). The number of nitrogens with one attached hydrogen (secondary N) is 1. The van der Waals surface area contributed by atoms with E-state index in [9.17, 15) is 4.79 Å². The minimum Gasteiger partial charge on any atom is -0.484 e. The third-order valence-corrected chi connectivity index (χ3v) is 5.15. The third kappa shape index (κ3) is 5.49. The number of hydrogen-bond acceptors (Lipinski definition) is 3. The second kappa shape index (κ2) is 8.94. The van der Waals surface area contributed by atoms with E-state index in [1.54, 1.807) is 0 Å². The van der Waals surface area contributed by atoms with Gasteiger partial charge in [0.1, 0.15) is 5.75 Å². The summed E-state index contributed by atoms with van der Waals surface area (Å²) in [5, 5.41) is 3.01. The van der Waals surface area contributed by atoms with E-state index in [2.05, 4.69) is 41.4 Å². The average Bonchev–Trinajstić information content (AvgIpc) is 2.66. The summed E-state index contributed by atoms with van der Waals surface area (Å²) in [5.41, 5.74) is 3.49. The predicted octanol–water partition coefficient (Wildman–Crippen LogP) is 4.49. The third-order valence-electron chi connectivity index (χ3n) is 5.15. The molecule has 4 heteroatoms. The Morgan fingerprint density at radius 2 is 2.04 bits per heavy atom. The van der Waals surface area contributed by atoms with E-state index in [0.29, 0.717) is 0 Å². The Balaban J connectivity index is 1.51. The first kappa shape index (κ1) is 19.3. The maximum Gasteiger partial charge on any atom is 0.258 e. The summed E-state index contributed by atoms with van der Waals surface area (Å²) in [4.78, 5) is 14.6. The molecule has 0 aromatic heterocycles.